The molecule has 170 valence electrons. The molecule has 4 rings (SSSR count). The number of carbonyl (C=O) groups excluding carboxylic acids is 1. The Morgan fingerprint density at radius 1 is 1.31 bits per heavy atom. The minimum absolute atomic E-state index is 0.123. The molecule has 1 amide bonds. The molecule has 0 bridgehead atoms. The van der Waals surface area contributed by atoms with E-state index in [1.807, 2.05) is 6.92 Å². The van der Waals surface area contributed by atoms with E-state index in [-0.39, 0.29) is 29.8 Å². The Morgan fingerprint density at radius 3 is 2.72 bits per heavy atom. The molecule has 8 nitrogen and oxygen atoms in total. The minimum Gasteiger partial charge on any atom is -0.339 e. The molecule has 3 heterocycles. The number of amides is 1. The van der Waals surface area contributed by atoms with Gasteiger partial charge in [-0.2, -0.15) is 9.29 Å². The number of aryl methyl sites for hydroxylation is 2. The largest absolute Gasteiger partial charge is 0.339 e. The van der Waals surface area contributed by atoms with Crippen LogP contribution in [-0.2, 0) is 21.2 Å². The van der Waals surface area contributed by atoms with Gasteiger partial charge in [0.05, 0.1) is 9.77 Å². The molecule has 3 aromatic rings. The minimum atomic E-state index is -3.68. The smallest absolute Gasteiger partial charge is 0.244 e. The number of hydrogen-bond donors (Lipinski definition) is 1. The van der Waals surface area contributed by atoms with Crippen LogP contribution in [0.3, 0.4) is 0 Å². The van der Waals surface area contributed by atoms with Gasteiger partial charge in [0.25, 0.3) is 0 Å². The van der Waals surface area contributed by atoms with Gasteiger partial charge in [0.1, 0.15) is 0 Å². The number of nitrogens with one attached hydrogen (secondary N) is 1. The summed E-state index contributed by atoms with van der Waals surface area (Å²) in [6, 6.07) is 8.57. The first-order valence-corrected chi connectivity index (χ1v) is 12.9. The van der Waals surface area contributed by atoms with Crippen LogP contribution < -0.4 is 5.32 Å². The van der Waals surface area contributed by atoms with Gasteiger partial charge in [-0.05, 0) is 44.0 Å². The fourth-order valence-electron chi connectivity index (χ4n) is 3.64. The van der Waals surface area contributed by atoms with Crippen molar-refractivity contribution in [3.63, 3.8) is 0 Å². The summed E-state index contributed by atoms with van der Waals surface area (Å²) in [5.41, 5.74) is 0.631. The van der Waals surface area contributed by atoms with Crippen molar-refractivity contribution < 1.29 is 17.7 Å². The van der Waals surface area contributed by atoms with E-state index in [2.05, 4.69) is 15.5 Å². The predicted molar refractivity (Wildman–Crippen MR) is 123 cm³/mol. The van der Waals surface area contributed by atoms with Crippen molar-refractivity contribution >= 4 is 44.6 Å². The van der Waals surface area contributed by atoms with Crippen molar-refractivity contribution in [2.45, 2.75) is 38.0 Å². The van der Waals surface area contributed by atoms with E-state index in [1.54, 1.807) is 37.3 Å². The van der Waals surface area contributed by atoms with E-state index in [0.29, 0.717) is 51.4 Å². The van der Waals surface area contributed by atoms with Gasteiger partial charge in [-0.1, -0.05) is 29.7 Å². The highest BCUT2D eigenvalue weighted by Crippen LogP contribution is 2.35. The number of piperidine rings is 1. The molecule has 1 N–H and O–H groups in total. The quantitative estimate of drug-likeness (QED) is 0.545. The maximum absolute atomic E-state index is 13.3. The van der Waals surface area contributed by atoms with Crippen molar-refractivity contribution in [2.75, 3.05) is 18.4 Å². The lowest BCUT2D eigenvalue weighted by atomic mass is 9.97. The SMILES string of the molecule is CCc1nc(-c2cc(S(=O)(=O)N3CCC(C(=O)Nc4cccc(Cl)c4)CC3)c(C)s2)no1. The van der Waals surface area contributed by atoms with Crippen LogP contribution in [0.4, 0.5) is 5.69 Å². The number of thiophene rings is 1. The van der Waals surface area contributed by atoms with Crippen LogP contribution in [0.2, 0.25) is 5.02 Å². The molecular formula is C21H23ClN4O4S2. The maximum atomic E-state index is 13.3. The summed E-state index contributed by atoms with van der Waals surface area (Å²) in [6.07, 6.45) is 1.51. The Morgan fingerprint density at radius 2 is 2.06 bits per heavy atom. The lowest BCUT2D eigenvalue weighted by Gasteiger charge is -2.30. The Labute approximate surface area is 195 Å². The fourth-order valence-corrected chi connectivity index (χ4v) is 6.78. The topological polar surface area (TPSA) is 105 Å². The summed E-state index contributed by atoms with van der Waals surface area (Å²) in [5, 5.41) is 7.34. The highest BCUT2D eigenvalue weighted by Gasteiger charge is 2.34. The molecule has 1 aliphatic rings. The van der Waals surface area contributed by atoms with Gasteiger partial charge < -0.3 is 9.84 Å². The second kappa shape index (κ2) is 9.30. The molecule has 0 aliphatic carbocycles. The first-order chi connectivity index (χ1) is 15.3. The van der Waals surface area contributed by atoms with Crippen LogP contribution in [0.25, 0.3) is 10.7 Å². The predicted octanol–water partition coefficient (Wildman–Crippen LogP) is 4.36. The van der Waals surface area contributed by atoms with E-state index in [9.17, 15) is 13.2 Å². The van der Waals surface area contributed by atoms with Crippen LogP contribution >= 0.6 is 22.9 Å². The molecule has 1 aliphatic heterocycles. The molecule has 1 fully saturated rings. The summed E-state index contributed by atoms with van der Waals surface area (Å²) in [4.78, 5) is 18.5. The standard InChI is InChI=1S/C21H23ClN4O4S2/c1-3-19-24-20(25-30-19)17-12-18(13(2)31-17)32(28,29)26-9-7-14(8-10-26)21(27)23-16-6-4-5-15(22)11-16/h4-6,11-12,14H,3,7-10H2,1-2H3,(H,23,27). The number of sulfonamides is 1. The number of aromatic nitrogens is 2. The molecular weight excluding hydrogens is 472 g/mol. The third-order valence-corrected chi connectivity index (χ3v) is 8.83. The van der Waals surface area contributed by atoms with Gasteiger partial charge in [0.15, 0.2) is 0 Å². The molecule has 0 atom stereocenters. The highest BCUT2D eigenvalue weighted by molar-refractivity contribution is 7.89. The van der Waals surface area contributed by atoms with Gasteiger partial charge in [-0.15, -0.1) is 11.3 Å². The third kappa shape index (κ3) is 4.73. The van der Waals surface area contributed by atoms with Gasteiger partial charge in [0, 0.05) is 41.0 Å². The zero-order valence-electron chi connectivity index (χ0n) is 17.7. The average molecular weight is 495 g/mol. The summed E-state index contributed by atoms with van der Waals surface area (Å²) < 4.78 is 33.1. The number of nitrogens with zero attached hydrogens (tertiary/aromatic N) is 3. The summed E-state index contributed by atoms with van der Waals surface area (Å²) in [5.74, 6) is 0.523. The maximum Gasteiger partial charge on any atom is 0.244 e. The van der Waals surface area contributed by atoms with E-state index in [0.717, 1.165) is 0 Å². The molecule has 2 aromatic heterocycles. The van der Waals surface area contributed by atoms with Gasteiger partial charge >= 0.3 is 0 Å². The second-order valence-corrected chi connectivity index (χ2v) is 11.2. The van der Waals surface area contributed by atoms with Crippen molar-refractivity contribution in [1.29, 1.82) is 0 Å². The number of rotatable bonds is 6. The number of anilines is 1. The van der Waals surface area contributed by atoms with Crippen molar-refractivity contribution in [3.05, 3.63) is 46.1 Å². The first kappa shape index (κ1) is 22.9. The first-order valence-electron chi connectivity index (χ1n) is 10.3. The molecule has 11 heteroatoms. The fraction of sp³-hybridized carbons (Fsp3) is 0.381. The number of benzene rings is 1. The van der Waals surface area contributed by atoms with Crippen molar-refractivity contribution in [3.8, 4) is 10.7 Å². The summed E-state index contributed by atoms with van der Waals surface area (Å²) >= 11 is 7.29. The average Bonchev–Trinajstić information content (AvgIpc) is 3.40. The van der Waals surface area contributed by atoms with Crippen molar-refractivity contribution in [2.24, 2.45) is 5.92 Å². The number of hydrogen-bond acceptors (Lipinski definition) is 7. The highest BCUT2D eigenvalue weighted by atomic mass is 35.5. The molecule has 0 unspecified atom stereocenters. The molecule has 0 radical (unpaired) electrons. The monoisotopic (exact) mass is 494 g/mol. The normalized spacial score (nSPS) is 15.7. The third-order valence-electron chi connectivity index (χ3n) is 5.40. The molecule has 1 aromatic carbocycles. The Balaban J connectivity index is 1.43. The van der Waals surface area contributed by atoms with E-state index in [1.165, 1.54) is 15.6 Å². The van der Waals surface area contributed by atoms with Crippen molar-refractivity contribution in [1.82, 2.24) is 14.4 Å². The van der Waals surface area contributed by atoms with Gasteiger partial charge in [-0.25, -0.2) is 8.42 Å². The van der Waals surface area contributed by atoms with Crippen LogP contribution in [-0.4, -0.2) is 41.9 Å². The lowest BCUT2D eigenvalue weighted by molar-refractivity contribution is -0.120. The lowest BCUT2D eigenvalue weighted by Crippen LogP contribution is -2.41. The van der Waals surface area contributed by atoms with Crippen LogP contribution in [0.1, 0.15) is 30.5 Å². The van der Waals surface area contributed by atoms with E-state index in [4.69, 9.17) is 16.1 Å². The van der Waals surface area contributed by atoms with E-state index >= 15 is 0 Å². The second-order valence-electron chi connectivity index (χ2n) is 7.57. The zero-order valence-corrected chi connectivity index (χ0v) is 20.1. The molecule has 1 saturated heterocycles. The molecule has 32 heavy (non-hydrogen) atoms. The van der Waals surface area contributed by atoms with Gasteiger partial charge in [0.2, 0.25) is 27.6 Å². The van der Waals surface area contributed by atoms with Crippen LogP contribution in [0.5, 0.6) is 0 Å². The number of halogens is 1. The molecule has 0 saturated carbocycles. The Bertz CT molecular complexity index is 1230. The Hall–Kier alpha value is -2.27. The molecule has 0 spiro atoms. The zero-order chi connectivity index (χ0) is 22.9. The summed E-state index contributed by atoms with van der Waals surface area (Å²) in [6.45, 7) is 4.24. The number of carbonyl (C=O) groups is 1. The summed E-state index contributed by atoms with van der Waals surface area (Å²) in [7, 11) is -3.68. The van der Waals surface area contributed by atoms with Crippen LogP contribution in [0, 0.1) is 12.8 Å². The van der Waals surface area contributed by atoms with E-state index < -0.39 is 10.0 Å². The van der Waals surface area contributed by atoms with Crippen LogP contribution in [0.15, 0.2) is 39.8 Å². The Kier molecular flexibility index (Phi) is 6.66. The van der Waals surface area contributed by atoms with Gasteiger partial charge in [-0.3, -0.25) is 4.79 Å².